The van der Waals surface area contributed by atoms with Gasteiger partial charge >= 0.3 is 0 Å². The van der Waals surface area contributed by atoms with E-state index in [9.17, 15) is 4.79 Å². The molecule has 4 bridgehead atoms. The van der Waals surface area contributed by atoms with Crippen LogP contribution in [0.2, 0.25) is 0 Å². The van der Waals surface area contributed by atoms with E-state index in [4.69, 9.17) is 14.5 Å². The summed E-state index contributed by atoms with van der Waals surface area (Å²) in [4.78, 5) is 17.9. The van der Waals surface area contributed by atoms with Crippen LogP contribution in [-0.4, -0.2) is 41.9 Å². The fourth-order valence-electron chi connectivity index (χ4n) is 6.19. The number of ether oxygens (including phenoxy) is 2. The molecule has 1 N–H and O–H groups in total. The van der Waals surface area contributed by atoms with Gasteiger partial charge in [0.25, 0.3) is 0 Å². The van der Waals surface area contributed by atoms with Gasteiger partial charge in [0.15, 0.2) is 10.9 Å². The Morgan fingerprint density at radius 3 is 2.58 bits per heavy atom. The molecular formula is C18H26N2O3S. The van der Waals surface area contributed by atoms with Crippen LogP contribution in [0.1, 0.15) is 45.4 Å². The minimum Gasteiger partial charge on any atom is -0.375 e. The number of nitrogens with one attached hydrogen (secondary N) is 1. The zero-order valence-electron chi connectivity index (χ0n) is 14.3. The predicted octanol–water partition coefficient (Wildman–Crippen LogP) is 2.55. The zero-order valence-corrected chi connectivity index (χ0v) is 15.1. The molecule has 132 valence electrons. The highest BCUT2D eigenvalue weighted by molar-refractivity contribution is 8.14. The van der Waals surface area contributed by atoms with E-state index in [1.54, 1.807) is 11.8 Å². The lowest BCUT2D eigenvalue weighted by Crippen LogP contribution is -2.54. The summed E-state index contributed by atoms with van der Waals surface area (Å²) in [5.41, 5.74) is -0.700. The molecule has 0 spiro atoms. The predicted molar refractivity (Wildman–Crippen MR) is 92.7 cm³/mol. The van der Waals surface area contributed by atoms with Crippen molar-refractivity contribution in [2.75, 3.05) is 19.8 Å². The lowest BCUT2D eigenvalue weighted by atomic mass is 9.49. The number of amides is 1. The van der Waals surface area contributed by atoms with Gasteiger partial charge in [-0.15, -0.1) is 0 Å². The summed E-state index contributed by atoms with van der Waals surface area (Å²) in [5, 5.41) is 4.10. The highest BCUT2D eigenvalue weighted by Gasteiger charge is 2.56. The summed E-state index contributed by atoms with van der Waals surface area (Å²) >= 11 is 1.62. The van der Waals surface area contributed by atoms with Crippen LogP contribution in [-0.2, 0) is 14.3 Å². The van der Waals surface area contributed by atoms with Gasteiger partial charge in [0, 0.05) is 6.61 Å². The van der Waals surface area contributed by atoms with Gasteiger partial charge in [-0.05, 0) is 63.2 Å². The third-order valence-corrected chi connectivity index (χ3v) is 7.97. The molecule has 2 aliphatic heterocycles. The van der Waals surface area contributed by atoms with Crippen molar-refractivity contribution in [1.29, 1.82) is 0 Å². The van der Waals surface area contributed by atoms with Crippen molar-refractivity contribution < 1.29 is 14.3 Å². The quantitative estimate of drug-likeness (QED) is 0.850. The monoisotopic (exact) mass is 350 g/mol. The first-order valence-electron chi connectivity index (χ1n) is 9.40. The summed E-state index contributed by atoms with van der Waals surface area (Å²) in [6.07, 6.45) is 7.34. The minimum atomic E-state index is -0.580. The number of carbonyl (C=O) groups excluding carboxylic acids is 1. The van der Waals surface area contributed by atoms with Gasteiger partial charge in [0.2, 0.25) is 5.91 Å². The smallest absolute Gasteiger partial charge is 0.232 e. The molecule has 0 aromatic carbocycles. The van der Waals surface area contributed by atoms with E-state index in [2.05, 4.69) is 5.32 Å². The van der Waals surface area contributed by atoms with Gasteiger partial charge in [-0.1, -0.05) is 11.8 Å². The van der Waals surface area contributed by atoms with Gasteiger partial charge in [-0.25, -0.2) is 4.99 Å². The maximum absolute atomic E-state index is 13.2. The first-order chi connectivity index (χ1) is 11.6. The molecule has 6 aliphatic rings. The van der Waals surface area contributed by atoms with Crippen LogP contribution in [0.25, 0.3) is 0 Å². The summed E-state index contributed by atoms with van der Waals surface area (Å²) in [6, 6.07) is 0. The summed E-state index contributed by atoms with van der Waals surface area (Å²) in [5.74, 6) is 2.56. The largest absolute Gasteiger partial charge is 0.375 e. The molecule has 6 rings (SSSR count). The second-order valence-electron chi connectivity index (χ2n) is 8.47. The average Bonchev–Trinajstić information content (AvgIpc) is 3.02. The van der Waals surface area contributed by atoms with Gasteiger partial charge < -0.3 is 14.8 Å². The molecule has 6 heteroatoms. The van der Waals surface area contributed by atoms with Crippen molar-refractivity contribution in [3.8, 4) is 0 Å². The van der Waals surface area contributed by atoms with E-state index < -0.39 is 5.72 Å². The zero-order chi connectivity index (χ0) is 16.4. The summed E-state index contributed by atoms with van der Waals surface area (Å²) < 4.78 is 11.4. The normalized spacial score (nSPS) is 48.5. The molecule has 24 heavy (non-hydrogen) atoms. The highest BCUT2D eigenvalue weighted by atomic mass is 32.2. The summed E-state index contributed by atoms with van der Waals surface area (Å²) in [6.45, 7) is 3.73. The van der Waals surface area contributed by atoms with Crippen molar-refractivity contribution in [3.05, 3.63) is 0 Å². The Morgan fingerprint density at radius 1 is 1.29 bits per heavy atom. The maximum Gasteiger partial charge on any atom is 0.232 e. The molecule has 2 heterocycles. The Morgan fingerprint density at radius 2 is 1.96 bits per heavy atom. The molecule has 0 aromatic heterocycles. The van der Waals surface area contributed by atoms with Crippen LogP contribution in [0.15, 0.2) is 4.99 Å². The van der Waals surface area contributed by atoms with Gasteiger partial charge in [0.05, 0.1) is 23.9 Å². The minimum absolute atomic E-state index is 0.120. The number of carbonyl (C=O) groups is 1. The van der Waals surface area contributed by atoms with E-state index in [0.717, 1.165) is 42.2 Å². The van der Waals surface area contributed by atoms with E-state index in [0.29, 0.717) is 19.8 Å². The average molecular weight is 350 g/mol. The van der Waals surface area contributed by atoms with E-state index in [-0.39, 0.29) is 16.6 Å². The molecule has 4 saturated carbocycles. The second kappa shape index (κ2) is 5.45. The Labute approximate surface area is 147 Å². The number of nitrogens with zero attached hydrogens (tertiary/aromatic N) is 1. The van der Waals surface area contributed by atoms with E-state index in [1.165, 1.54) is 19.3 Å². The van der Waals surface area contributed by atoms with Crippen molar-refractivity contribution in [1.82, 2.24) is 5.32 Å². The second-order valence-corrected chi connectivity index (χ2v) is 9.66. The lowest BCUT2D eigenvalue weighted by Gasteiger charge is -2.55. The van der Waals surface area contributed by atoms with Crippen LogP contribution in [0.3, 0.4) is 0 Å². The number of amidine groups is 1. The molecule has 1 saturated heterocycles. The SMILES string of the molecule is CCOC12COCC1SC(NC(=O)C13CC4CC(CC(C4)C1)C3)=N2. The highest BCUT2D eigenvalue weighted by Crippen LogP contribution is 2.60. The fourth-order valence-corrected chi connectivity index (χ4v) is 7.36. The third-order valence-electron chi connectivity index (χ3n) is 6.76. The Bertz CT molecular complexity index is 558. The van der Waals surface area contributed by atoms with Gasteiger partial charge in [-0.2, -0.15) is 0 Å². The van der Waals surface area contributed by atoms with Crippen molar-refractivity contribution in [2.45, 2.75) is 56.4 Å². The first-order valence-corrected chi connectivity index (χ1v) is 10.3. The maximum atomic E-state index is 13.2. The third kappa shape index (κ3) is 2.29. The molecule has 5 fully saturated rings. The number of aliphatic imine (C=N–C) groups is 1. The standard InChI is InChI=1S/C18H26N2O3S/c1-2-23-18-10-22-9-14(18)24-16(20-18)19-15(21)17-6-11-3-12(7-17)5-13(4-11)8-17/h11-14H,2-10H2,1H3,(H,19,20,21). The van der Waals surface area contributed by atoms with E-state index >= 15 is 0 Å². The molecule has 5 nitrogen and oxygen atoms in total. The van der Waals surface area contributed by atoms with Crippen LogP contribution >= 0.6 is 11.8 Å². The number of hydrogen-bond acceptors (Lipinski definition) is 5. The molecule has 2 atom stereocenters. The van der Waals surface area contributed by atoms with Gasteiger partial charge in [-0.3, -0.25) is 4.79 Å². The van der Waals surface area contributed by atoms with Crippen molar-refractivity contribution in [2.24, 2.45) is 28.2 Å². The molecule has 4 aliphatic carbocycles. The number of hydrogen-bond donors (Lipinski definition) is 1. The summed E-state index contributed by atoms with van der Waals surface area (Å²) in [7, 11) is 0. The Balaban J connectivity index is 1.33. The lowest BCUT2D eigenvalue weighted by molar-refractivity contribution is -0.144. The molecule has 0 aromatic rings. The number of thioether (sulfide) groups is 1. The first kappa shape index (κ1) is 15.6. The molecule has 0 radical (unpaired) electrons. The van der Waals surface area contributed by atoms with Crippen LogP contribution in [0, 0.1) is 23.2 Å². The Kier molecular flexibility index (Phi) is 3.55. The fraction of sp³-hybridized carbons (Fsp3) is 0.889. The molecule has 1 amide bonds. The van der Waals surface area contributed by atoms with Crippen LogP contribution in [0.4, 0.5) is 0 Å². The van der Waals surface area contributed by atoms with Crippen LogP contribution < -0.4 is 5.32 Å². The van der Waals surface area contributed by atoms with Crippen molar-refractivity contribution in [3.63, 3.8) is 0 Å². The number of fused-ring (bicyclic) bond motifs is 1. The Hall–Kier alpha value is -0.590. The molecular weight excluding hydrogens is 324 g/mol. The van der Waals surface area contributed by atoms with E-state index in [1.807, 2.05) is 6.92 Å². The van der Waals surface area contributed by atoms with Crippen LogP contribution in [0.5, 0.6) is 0 Å². The topological polar surface area (TPSA) is 59.9 Å². The van der Waals surface area contributed by atoms with Gasteiger partial charge in [0.1, 0.15) is 0 Å². The molecule has 2 unspecified atom stereocenters. The van der Waals surface area contributed by atoms with Crippen molar-refractivity contribution >= 4 is 22.8 Å². The number of rotatable bonds is 3.